The average molecular weight is 229 g/mol. The summed E-state index contributed by atoms with van der Waals surface area (Å²) in [7, 11) is 1.83. The van der Waals surface area contributed by atoms with Crippen molar-refractivity contribution in [2.45, 2.75) is 26.0 Å². The number of hydrogen-bond acceptors (Lipinski definition) is 2. The van der Waals surface area contributed by atoms with Gasteiger partial charge in [0, 0.05) is 13.1 Å². The minimum Gasteiger partial charge on any atom is -0.392 e. The summed E-state index contributed by atoms with van der Waals surface area (Å²) in [5.74, 6) is -1.66. The highest BCUT2D eigenvalue weighted by Crippen LogP contribution is 2.10. The van der Waals surface area contributed by atoms with E-state index in [9.17, 15) is 13.9 Å². The Labute approximate surface area is 94.5 Å². The Bertz CT molecular complexity index is 344. The number of halogens is 2. The highest BCUT2D eigenvalue weighted by Gasteiger charge is 2.08. The third kappa shape index (κ3) is 3.87. The fraction of sp³-hybridized carbons (Fsp3) is 0.500. The molecule has 1 aromatic carbocycles. The van der Waals surface area contributed by atoms with Gasteiger partial charge in [-0.2, -0.15) is 0 Å². The molecule has 0 aliphatic rings. The monoisotopic (exact) mass is 229 g/mol. The molecule has 2 nitrogen and oxygen atoms in total. The van der Waals surface area contributed by atoms with Crippen LogP contribution in [-0.4, -0.2) is 29.7 Å². The zero-order valence-electron chi connectivity index (χ0n) is 9.58. The lowest BCUT2D eigenvalue weighted by Gasteiger charge is -2.19. The lowest BCUT2D eigenvalue weighted by atomic mass is 10.2. The molecule has 1 unspecified atom stereocenters. The number of aliphatic hydroxyl groups is 1. The Hall–Kier alpha value is -1.00. The SMILES string of the molecule is CCC(O)CN(C)Cc1ccc(F)c(F)c1. The van der Waals surface area contributed by atoms with Gasteiger partial charge >= 0.3 is 0 Å². The number of rotatable bonds is 5. The van der Waals surface area contributed by atoms with E-state index in [4.69, 9.17) is 0 Å². The van der Waals surface area contributed by atoms with Crippen molar-refractivity contribution in [3.05, 3.63) is 35.4 Å². The van der Waals surface area contributed by atoms with Gasteiger partial charge in [0.15, 0.2) is 11.6 Å². The van der Waals surface area contributed by atoms with Crippen LogP contribution in [0.5, 0.6) is 0 Å². The van der Waals surface area contributed by atoms with Crippen molar-refractivity contribution in [2.75, 3.05) is 13.6 Å². The van der Waals surface area contributed by atoms with Gasteiger partial charge in [0.25, 0.3) is 0 Å². The van der Waals surface area contributed by atoms with E-state index in [0.717, 1.165) is 6.07 Å². The fourth-order valence-corrected chi connectivity index (χ4v) is 1.50. The van der Waals surface area contributed by atoms with E-state index in [1.807, 2.05) is 18.9 Å². The molecule has 1 aromatic rings. The van der Waals surface area contributed by atoms with E-state index in [0.29, 0.717) is 25.1 Å². The van der Waals surface area contributed by atoms with Crippen molar-refractivity contribution in [1.82, 2.24) is 4.90 Å². The van der Waals surface area contributed by atoms with Crippen LogP contribution < -0.4 is 0 Å². The molecule has 0 saturated heterocycles. The fourth-order valence-electron chi connectivity index (χ4n) is 1.50. The Kier molecular flexibility index (Phi) is 4.83. The Morgan fingerprint density at radius 1 is 1.31 bits per heavy atom. The molecule has 0 aliphatic heterocycles. The molecule has 1 atom stereocenters. The van der Waals surface area contributed by atoms with Crippen LogP contribution in [0.2, 0.25) is 0 Å². The maximum Gasteiger partial charge on any atom is 0.159 e. The van der Waals surface area contributed by atoms with E-state index in [1.54, 1.807) is 6.07 Å². The average Bonchev–Trinajstić information content (AvgIpc) is 2.23. The van der Waals surface area contributed by atoms with Crippen LogP contribution in [0.4, 0.5) is 8.78 Å². The first-order chi connectivity index (χ1) is 7.52. The molecule has 0 aromatic heterocycles. The molecule has 16 heavy (non-hydrogen) atoms. The summed E-state index contributed by atoms with van der Waals surface area (Å²) in [6, 6.07) is 3.85. The molecule has 4 heteroatoms. The van der Waals surface area contributed by atoms with E-state index in [-0.39, 0.29) is 6.10 Å². The topological polar surface area (TPSA) is 23.5 Å². The minimum atomic E-state index is -0.833. The lowest BCUT2D eigenvalue weighted by Crippen LogP contribution is -2.28. The van der Waals surface area contributed by atoms with Crippen LogP contribution in [-0.2, 0) is 6.54 Å². The standard InChI is InChI=1S/C12H17F2NO/c1-3-10(16)8-15(2)7-9-4-5-11(13)12(14)6-9/h4-6,10,16H,3,7-8H2,1-2H3. The van der Waals surface area contributed by atoms with Crippen molar-refractivity contribution < 1.29 is 13.9 Å². The molecule has 0 aliphatic carbocycles. The van der Waals surface area contributed by atoms with Gasteiger partial charge in [0.2, 0.25) is 0 Å². The third-order valence-corrected chi connectivity index (χ3v) is 2.43. The highest BCUT2D eigenvalue weighted by molar-refractivity contribution is 5.17. The minimum absolute atomic E-state index is 0.379. The summed E-state index contributed by atoms with van der Waals surface area (Å²) in [5, 5.41) is 9.43. The zero-order chi connectivity index (χ0) is 12.1. The van der Waals surface area contributed by atoms with Gasteiger partial charge in [-0.1, -0.05) is 13.0 Å². The number of benzene rings is 1. The predicted molar refractivity (Wildman–Crippen MR) is 59.0 cm³/mol. The van der Waals surface area contributed by atoms with E-state index in [1.165, 1.54) is 6.07 Å². The molecule has 1 rings (SSSR count). The van der Waals surface area contributed by atoms with Gasteiger partial charge in [-0.3, -0.25) is 4.90 Å². The van der Waals surface area contributed by atoms with Crippen molar-refractivity contribution in [2.24, 2.45) is 0 Å². The third-order valence-electron chi connectivity index (χ3n) is 2.43. The molecule has 0 bridgehead atoms. The van der Waals surface area contributed by atoms with E-state index >= 15 is 0 Å². The van der Waals surface area contributed by atoms with Gasteiger partial charge in [-0.05, 0) is 31.2 Å². The van der Waals surface area contributed by atoms with Gasteiger partial charge in [0.1, 0.15) is 0 Å². The molecule has 0 heterocycles. The van der Waals surface area contributed by atoms with Crippen LogP contribution >= 0.6 is 0 Å². The van der Waals surface area contributed by atoms with Crippen LogP contribution in [0, 0.1) is 11.6 Å². The maximum atomic E-state index is 12.9. The second-order valence-electron chi connectivity index (χ2n) is 4.01. The highest BCUT2D eigenvalue weighted by atomic mass is 19.2. The number of aliphatic hydroxyl groups excluding tert-OH is 1. The van der Waals surface area contributed by atoms with Gasteiger partial charge in [0.05, 0.1) is 6.10 Å². The Balaban J connectivity index is 2.56. The molecule has 0 fully saturated rings. The summed E-state index contributed by atoms with van der Waals surface area (Å²) >= 11 is 0. The van der Waals surface area contributed by atoms with Crippen LogP contribution in [0.25, 0.3) is 0 Å². The first-order valence-electron chi connectivity index (χ1n) is 5.33. The summed E-state index contributed by atoms with van der Waals surface area (Å²) in [4.78, 5) is 1.88. The largest absolute Gasteiger partial charge is 0.392 e. The normalized spacial score (nSPS) is 13.1. The quantitative estimate of drug-likeness (QED) is 0.836. The van der Waals surface area contributed by atoms with E-state index < -0.39 is 11.6 Å². The summed E-state index contributed by atoms with van der Waals surface area (Å²) < 4.78 is 25.6. The summed E-state index contributed by atoms with van der Waals surface area (Å²) in [6.07, 6.45) is 0.303. The second-order valence-corrected chi connectivity index (χ2v) is 4.01. The van der Waals surface area contributed by atoms with E-state index in [2.05, 4.69) is 0 Å². The van der Waals surface area contributed by atoms with Gasteiger partial charge < -0.3 is 5.11 Å². The predicted octanol–water partition coefficient (Wildman–Crippen LogP) is 2.17. The molecule has 0 saturated carbocycles. The molecular weight excluding hydrogens is 212 g/mol. The van der Waals surface area contributed by atoms with Crippen molar-refractivity contribution in [1.29, 1.82) is 0 Å². The number of nitrogens with zero attached hydrogens (tertiary/aromatic N) is 1. The van der Waals surface area contributed by atoms with Crippen molar-refractivity contribution >= 4 is 0 Å². The second kappa shape index (κ2) is 5.92. The summed E-state index contributed by atoms with van der Waals surface area (Å²) in [6.45, 7) is 2.92. The Morgan fingerprint density at radius 2 is 2.00 bits per heavy atom. The lowest BCUT2D eigenvalue weighted by molar-refractivity contribution is 0.119. The zero-order valence-corrected chi connectivity index (χ0v) is 9.58. The van der Waals surface area contributed by atoms with Crippen LogP contribution in [0.15, 0.2) is 18.2 Å². The number of hydrogen-bond donors (Lipinski definition) is 1. The first-order valence-corrected chi connectivity index (χ1v) is 5.33. The van der Waals surface area contributed by atoms with Gasteiger partial charge in [-0.15, -0.1) is 0 Å². The molecule has 90 valence electrons. The molecule has 0 amide bonds. The molecule has 0 spiro atoms. The van der Waals surface area contributed by atoms with Gasteiger partial charge in [-0.25, -0.2) is 8.78 Å². The maximum absolute atomic E-state index is 12.9. The molecular formula is C12H17F2NO. The smallest absolute Gasteiger partial charge is 0.159 e. The van der Waals surface area contributed by atoms with Crippen LogP contribution in [0.1, 0.15) is 18.9 Å². The summed E-state index contributed by atoms with van der Waals surface area (Å²) in [5.41, 5.74) is 0.699. The molecule has 0 radical (unpaired) electrons. The van der Waals surface area contributed by atoms with Crippen molar-refractivity contribution in [3.63, 3.8) is 0 Å². The first kappa shape index (κ1) is 13.1. The molecule has 1 N–H and O–H groups in total. The van der Waals surface area contributed by atoms with Crippen molar-refractivity contribution in [3.8, 4) is 0 Å². The van der Waals surface area contributed by atoms with Crippen LogP contribution in [0.3, 0.4) is 0 Å². The number of likely N-dealkylation sites (N-methyl/N-ethyl adjacent to an activating group) is 1. The Morgan fingerprint density at radius 3 is 2.56 bits per heavy atom.